The largest absolute Gasteiger partial charge is 0.497 e. The molecule has 0 aliphatic heterocycles. The van der Waals surface area contributed by atoms with Gasteiger partial charge < -0.3 is 14.5 Å². The molecule has 3 aromatic rings. The third-order valence-electron chi connectivity index (χ3n) is 3.74. The van der Waals surface area contributed by atoms with Crippen LogP contribution >= 0.6 is 12.2 Å². The molecule has 0 saturated heterocycles. The molecule has 0 aliphatic carbocycles. The molecule has 0 aliphatic rings. The quantitative estimate of drug-likeness (QED) is 0.482. The number of rotatable bonds is 3. The number of halogens is 1. The standard InChI is InChI=1S/C18H16FN3O3S/c1-10-14-9-13(24-2)7-8-15(14)25-16(10)17(23)21-22-18(26)20-12-5-3-11(19)4-6-12/h3-9H,1-2H3,(H,21,23)(H2,20,22,26). The summed E-state index contributed by atoms with van der Waals surface area (Å²) in [7, 11) is 1.57. The molecule has 8 heteroatoms. The number of amides is 1. The lowest BCUT2D eigenvalue weighted by Crippen LogP contribution is -2.43. The van der Waals surface area contributed by atoms with Crippen molar-refractivity contribution in [2.75, 3.05) is 12.4 Å². The fourth-order valence-electron chi connectivity index (χ4n) is 2.41. The number of methoxy groups -OCH3 is 1. The van der Waals surface area contributed by atoms with Crippen molar-refractivity contribution in [3.05, 3.63) is 59.6 Å². The number of fused-ring (bicyclic) bond motifs is 1. The number of thiocarbonyl (C=S) groups is 1. The van der Waals surface area contributed by atoms with Crippen LogP contribution in [0.5, 0.6) is 5.75 Å². The highest BCUT2D eigenvalue weighted by atomic mass is 32.1. The van der Waals surface area contributed by atoms with E-state index in [0.29, 0.717) is 22.6 Å². The SMILES string of the molecule is COc1ccc2oc(C(=O)NNC(=S)Nc3ccc(F)cc3)c(C)c2c1. The molecule has 0 fully saturated rings. The van der Waals surface area contributed by atoms with Gasteiger partial charge in [0.1, 0.15) is 17.1 Å². The maximum absolute atomic E-state index is 12.9. The van der Waals surface area contributed by atoms with E-state index >= 15 is 0 Å². The van der Waals surface area contributed by atoms with Crippen molar-refractivity contribution in [3.8, 4) is 5.75 Å². The van der Waals surface area contributed by atoms with Crippen LogP contribution in [-0.4, -0.2) is 18.1 Å². The van der Waals surface area contributed by atoms with Crippen LogP contribution in [-0.2, 0) is 0 Å². The predicted octanol–water partition coefficient (Wildman–Crippen LogP) is 3.52. The van der Waals surface area contributed by atoms with Crippen LogP contribution in [0, 0.1) is 12.7 Å². The predicted molar refractivity (Wildman–Crippen MR) is 101 cm³/mol. The van der Waals surface area contributed by atoms with Crippen LogP contribution in [0.3, 0.4) is 0 Å². The molecule has 6 nitrogen and oxygen atoms in total. The van der Waals surface area contributed by atoms with E-state index in [4.69, 9.17) is 21.4 Å². The average Bonchev–Trinajstić information content (AvgIpc) is 2.98. The Morgan fingerprint density at radius 1 is 1.15 bits per heavy atom. The minimum atomic E-state index is -0.471. The first-order valence-electron chi connectivity index (χ1n) is 7.68. The normalized spacial score (nSPS) is 10.4. The van der Waals surface area contributed by atoms with Gasteiger partial charge in [0.05, 0.1) is 7.11 Å². The Hall–Kier alpha value is -3.13. The Bertz CT molecular complexity index is 970. The number of benzene rings is 2. The molecule has 134 valence electrons. The van der Waals surface area contributed by atoms with Gasteiger partial charge in [0.2, 0.25) is 0 Å². The first-order chi connectivity index (χ1) is 12.5. The first-order valence-corrected chi connectivity index (χ1v) is 8.09. The van der Waals surface area contributed by atoms with Crippen molar-refractivity contribution < 1.29 is 18.3 Å². The Balaban J connectivity index is 1.66. The van der Waals surface area contributed by atoms with E-state index < -0.39 is 5.91 Å². The van der Waals surface area contributed by atoms with Crippen LogP contribution < -0.4 is 20.9 Å². The van der Waals surface area contributed by atoms with Gasteiger partial charge in [-0.25, -0.2) is 4.39 Å². The smallest absolute Gasteiger partial charge is 0.305 e. The summed E-state index contributed by atoms with van der Waals surface area (Å²) in [6, 6.07) is 11.0. The second-order valence-corrected chi connectivity index (χ2v) is 5.87. The average molecular weight is 373 g/mol. The summed E-state index contributed by atoms with van der Waals surface area (Å²) in [4.78, 5) is 12.4. The van der Waals surface area contributed by atoms with Gasteiger partial charge in [-0.1, -0.05) is 0 Å². The molecule has 0 unspecified atom stereocenters. The molecule has 1 aromatic heterocycles. The van der Waals surface area contributed by atoms with Gasteiger partial charge in [-0.2, -0.15) is 0 Å². The number of hydrogen-bond acceptors (Lipinski definition) is 4. The second-order valence-electron chi connectivity index (χ2n) is 5.46. The van der Waals surface area contributed by atoms with Gasteiger partial charge in [-0.3, -0.25) is 15.6 Å². The number of aryl methyl sites for hydroxylation is 1. The lowest BCUT2D eigenvalue weighted by Gasteiger charge is -2.11. The minimum absolute atomic E-state index is 0.153. The number of hydrogen-bond donors (Lipinski definition) is 3. The molecular weight excluding hydrogens is 357 g/mol. The van der Waals surface area contributed by atoms with Gasteiger partial charge in [-0.05, 0) is 61.6 Å². The summed E-state index contributed by atoms with van der Waals surface area (Å²) in [5.74, 6) is 0.0298. The van der Waals surface area contributed by atoms with Crippen molar-refractivity contribution in [2.45, 2.75) is 6.92 Å². The topological polar surface area (TPSA) is 75.5 Å². The zero-order valence-electron chi connectivity index (χ0n) is 14.1. The fourth-order valence-corrected chi connectivity index (χ4v) is 2.58. The molecule has 0 radical (unpaired) electrons. The minimum Gasteiger partial charge on any atom is -0.497 e. The van der Waals surface area contributed by atoms with Crippen LogP contribution in [0.4, 0.5) is 10.1 Å². The monoisotopic (exact) mass is 373 g/mol. The summed E-state index contributed by atoms with van der Waals surface area (Å²) >= 11 is 5.09. The van der Waals surface area contributed by atoms with E-state index in [-0.39, 0.29) is 16.7 Å². The molecule has 0 atom stereocenters. The summed E-state index contributed by atoms with van der Waals surface area (Å²) in [5.41, 5.74) is 6.91. The Morgan fingerprint density at radius 2 is 1.88 bits per heavy atom. The lowest BCUT2D eigenvalue weighted by molar-refractivity contribution is 0.0917. The molecule has 0 bridgehead atoms. The van der Waals surface area contributed by atoms with E-state index in [1.807, 2.05) is 0 Å². The van der Waals surface area contributed by atoms with Gasteiger partial charge in [0.15, 0.2) is 10.9 Å². The lowest BCUT2D eigenvalue weighted by atomic mass is 10.1. The van der Waals surface area contributed by atoms with E-state index in [1.165, 1.54) is 24.3 Å². The Kier molecular flexibility index (Phi) is 5.04. The van der Waals surface area contributed by atoms with Gasteiger partial charge >= 0.3 is 5.91 Å². The highest BCUT2D eigenvalue weighted by molar-refractivity contribution is 7.80. The number of furan rings is 1. The maximum atomic E-state index is 12.9. The molecule has 3 N–H and O–H groups in total. The third kappa shape index (κ3) is 3.75. The molecule has 0 spiro atoms. The molecule has 1 amide bonds. The highest BCUT2D eigenvalue weighted by Crippen LogP contribution is 2.28. The fraction of sp³-hybridized carbons (Fsp3) is 0.111. The number of carbonyl (C=O) groups excluding carboxylic acids is 1. The van der Waals surface area contributed by atoms with Gasteiger partial charge in [-0.15, -0.1) is 0 Å². The Morgan fingerprint density at radius 3 is 2.58 bits per heavy atom. The summed E-state index contributed by atoms with van der Waals surface area (Å²) < 4.78 is 23.7. The maximum Gasteiger partial charge on any atom is 0.305 e. The summed E-state index contributed by atoms with van der Waals surface area (Å²) in [6.07, 6.45) is 0. The molecule has 26 heavy (non-hydrogen) atoms. The molecular formula is C18H16FN3O3S. The molecule has 1 heterocycles. The summed E-state index contributed by atoms with van der Waals surface area (Å²) in [6.45, 7) is 1.79. The van der Waals surface area contributed by atoms with E-state index in [2.05, 4.69) is 16.2 Å². The molecule has 2 aromatic carbocycles. The van der Waals surface area contributed by atoms with Crippen molar-refractivity contribution >= 4 is 39.9 Å². The molecule has 0 saturated carbocycles. The van der Waals surface area contributed by atoms with Crippen molar-refractivity contribution in [3.63, 3.8) is 0 Å². The van der Waals surface area contributed by atoms with Crippen LogP contribution in [0.1, 0.15) is 16.1 Å². The summed E-state index contributed by atoms with van der Waals surface area (Å²) in [5, 5.41) is 3.77. The van der Waals surface area contributed by atoms with Gasteiger partial charge in [0.25, 0.3) is 0 Å². The number of nitrogens with one attached hydrogen (secondary N) is 3. The van der Waals surface area contributed by atoms with Crippen LogP contribution in [0.25, 0.3) is 11.0 Å². The van der Waals surface area contributed by atoms with Crippen LogP contribution in [0.15, 0.2) is 46.9 Å². The van der Waals surface area contributed by atoms with Crippen molar-refractivity contribution in [1.82, 2.24) is 10.9 Å². The number of hydrazine groups is 1. The van der Waals surface area contributed by atoms with Gasteiger partial charge in [0, 0.05) is 16.6 Å². The third-order valence-corrected chi connectivity index (χ3v) is 3.95. The van der Waals surface area contributed by atoms with E-state index in [0.717, 1.165) is 5.39 Å². The number of anilines is 1. The zero-order valence-corrected chi connectivity index (χ0v) is 14.9. The number of ether oxygens (including phenoxy) is 1. The van der Waals surface area contributed by atoms with E-state index in [9.17, 15) is 9.18 Å². The first kappa shape index (κ1) is 17.7. The number of carbonyl (C=O) groups is 1. The van der Waals surface area contributed by atoms with Crippen LogP contribution in [0.2, 0.25) is 0 Å². The van der Waals surface area contributed by atoms with Crippen molar-refractivity contribution in [2.24, 2.45) is 0 Å². The van der Waals surface area contributed by atoms with E-state index in [1.54, 1.807) is 32.2 Å². The Labute approximate surface area is 154 Å². The second kappa shape index (κ2) is 7.40. The molecule has 3 rings (SSSR count). The van der Waals surface area contributed by atoms with Crippen molar-refractivity contribution in [1.29, 1.82) is 0 Å². The zero-order chi connectivity index (χ0) is 18.7. The highest BCUT2D eigenvalue weighted by Gasteiger charge is 2.18.